The fraction of sp³-hybridized carbons (Fsp3) is 0.429. The van der Waals surface area contributed by atoms with Crippen LogP contribution in [0.5, 0.6) is 6.01 Å². The van der Waals surface area contributed by atoms with E-state index in [0.29, 0.717) is 5.69 Å². The Hall–Kier alpha value is -1.21. The molecule has 0 fully saturated rings. The summed E-state index contributed by atoms with van der Waals surface area (Å²) in [4.78, 5) is 7.64. The summed E-state index contributed by atoms with van der Waals surface area (Å²) in [5, 5.41) is 0. The van der Waals surface area contributed by atoms with Crippen LogP contribution < -0.4 is 4.74 Å². The number of ether oxygens (including phenoxy) is 1. The first-order chi connectivity index (χ1) is 6.51. The van der Waals surface area contributed by atoms with Gasteiger partial charge in [-0.05, 0) is 6.07 Å². The van der Waals surface area contributed by atoms with Gasteiger partial charge in [0.05, 0.1) is 19.1 Å². The fourth-order valence-corrected chi connectivity index (χ4v) is 1.06. The Labute approximate surface area is 82.0 Å². The van der Waals surface area contributed by atoms with Crippen LogP contribution in [0.2, 0.25) is 0 Å². The molecule has 0 amide bonds. The fourth-order valence-electron chi connectivity index (χ4n) is 0.722. The minimum Gasteiger partial charge on any atom is -0.467 e. The lowest BCUT2D eigenvalue weighted by atomic mass is 10.4. The number of nitrogens with zero attached hydrogens (tertiary/aromatic N) is 2. The topological polar surface area (TPSA) is 78.4 Å². The van der Waals surface area contributed by atoms with Crippen LogP contribution >= 0.6 is 0 Å². The first kappa shape index (κ1) is 10.9. The monoisotopic (exact) mass is 218 g/mol. The smallest absolute Gasteiger partial charge is 0.316 e. The largest absolute Gasteiger partial charge is 0.467 e. The number of hydrogen-bond donors (Lipinski definition) is 0. The van der Waals surface area contributed by atoms with Gasteiger partial charge in [0.1, 0.15) is 6.61 Å². The molecule has 0 N–H and O–H groups in total. The zero-order valence-corrected chi connectivity index (χ0v) is 8.61. The van der Waals surface area contributed by atoms with E-state index in [1.54, 1.807) is 6.07 Å². The van der Waals surface area contributed by atoms with Crippen LogP contribution in [0.3, 0.4) is 0 Å². The minimum atomic E-state index is -3.44. The first-order valence-corrected chi connectivity index (χ1v) is 5.53. The summed E-state index contributed by atoms with van der Waals surface area (Å²) in [6.07, 6.45) is 2.44. The average molecular weight is 218 g/mol. The Morgan fingerprint density at radius 1 is 1.50 bits per heavy atom. The Morgan fingerprint density at radius 3 is 2.79 bits per heavy atom. The number of aromatic nitrogens is 2. The minimum absolute atomic E-state index is 0.113. The highest BCUT2D eigenvalue weighted by atomic mass is 32.2. The lowest BCUT2D eigenvalue weighted by molar-refractivity contribution is 0.302. The highest BCUT2D eigenvalue weighted by Crippen LogP contribution is 2.04. The predicted octanol–water partition coefficient (Wildman–Crippen LogP) is -0.0386. The van der Waals surface area contributed by atoms with E-state index in [-0.39, 0.29) is 12.6 Å². The maximum atomic E-state index is 10.7. The molecule has 0 aliphatic carbocycles. The van der Waals surface area contributed by atoms with E-state index in [4.69, 9.17) is 4.74 Å². The lowest BCUT2D eigenvalue weighted by Crippen LogP contribution is -2.04. The van der Waals surface area contributed by atoms with Crippen LogP contribution in [0.15, 0.2) is 12.3 Å². The molecule has 0 saturated carbocycles. The van der Waals surface area contributed by atoms with E-state index in [1.165, 1.54) is 13.3 Å². The second-order valence-electron chi connectivity index (χ2n) is 2.50. The molecular weight excluding hydrogens is 208 g/mol. The summed E-state index contributed by atoms with van der Waals surface area (Å²) in [6.45, 7) is -0.113. The maximum Gasteiger partial charge on any atom is 0.316 e. The molecule has 0 unspecified atom stereocenters. The number of methoxy groups -OCH3 is 1. The summed E-state index contributed by atoms with van der Waals surface area (Å²) in [7, 11) is -2.02. The predicted molar refractivity (Wildman–Crippen MR) is 48.2 cm³/mol. The Kier molecular flexibility index (Phi) is 3.37. The van der Waals surface area contributed by atoms with Crippen LogP contribution in [-0.4, -0.2) is 31.8 Å². The maximum absolute atomic E-state index is 10.7. The van der Waals surface area contributed by atoms with E-state index >= 15 is 0 Å². The molecule has 0 saturated heterocycles. The third-order valence-corrected chi connectivity index (χ3v) is 1.84. The Balaban J connectivity index is 2.68. The zero-order valence-electron chi connectivity index (χ0n) is 7.80. The van der Waals surface area contributed by atoms with Gasteiger partial charge < -0.3 is 4.74 Å². The molecule has 0 aromatic carbocycles. The summed E-state index contributed by atoms with van der Waals surface area (Å²) in [5.74, 6) is 0. The number of rotatable bonds is 4. The molecule has 7 heteroatoms. The van der Waals surface area contributed by atoms with Crippen molar-refractivity contribution in [1.82, 2.24) is 9.97 Å². The van der Waals surface area contributed by atoms with Gasteiger partial charge in [-0.25, -0.2) is 4.98 Å². The Morgan fingerprint density at radius 2 is 2.21 bits per heavy atom. The zero-order chi connectivity index (χ0) is 10.6. The molecule has 6 nitrogen and oxygen atoms in total. The molecule has 1 aromatic heterocycles. The Bertz CT molecular complexity index is 404. The van der Waals surface area contributed by atoms with Crippen molar-refractivity contribution in [2.45, 2.75) is 6.61 Å². The first-order valence-electron chi connectivity index (χ1n) is 3.71. The van der Waals surface area contributed by atoms with Gasteiger partial charge in [-0.2, -0.15) is 13.4 Å². The van der Waals surface area contributed by atoms with Crippen LogP contribution in [0, 0.1) is 0 Å². The molecule has 1 heterocycles. The summed E-state index contributed by atoms with van der Waals surface area (Å²) in [6, 6.07) is 1.73. The average Bonchev–Trinajstić information content (AvgIpc) is 2.14. The molecule has 0 spiro atoms. The molecule has 1 rings (SSSR count). The van der Waals surface area contributed by atoms with Gasteiger partial charge in [0.25, 0.3) is 10.1 Å². The van der Waals surface area contributed by atoms with E-state index in [1.807, 2.05) is 0 Å². The molecule has 14 heavy (non-hydrogen) atoms. The van der Waals surface area contributed by atoms with Crippen LogP contribution in [0.1, 0.15) is 5.69 Å². The van der Waals surface area contributed by atoms with Crippen LogP contribution in [-0.2, 0) is 20.9 Å². The van der Waals surface area contributed by atoms with E-state index in [9.17, 15) is 8.42 Å². The van der Waals surface area contributed by atoms with Gasteiger partial charge in [0, 0.05) is 6.20 Å². The third kappa shape index (κ3) is 3.67. The molecule has 1 aromatic rings. The van der Waals surface area contributed by atoms with Crippen molar-refractivity contribution in [2.24, 2.45) is 0 Å². The molecule has 0 bridgehead atoms. The lowest BCUT2D eigenvalue weighted by Gasteiger charge is -2.01. The third-order valence-electron chi connectivity index (χ3n) is 1.29. The normalized spacial score (nSPS) is 11.3. The van der Waals surface area contributed by atoms with Gasteiger partial charge in [-0.1, -0.05) is 0 Å². The van der Waals surface area contributed by atoms with Crippen molar-refractivity contribution in [3.05, 3.63) is 18.0 Å². The quantitative estimate of drug-likeness (QED) is 0.660. The van der Waals surface area contributed by atoms with E-state index in [0.717, 1.165) is 6.26 Å². The van der Waals surface area contributed by atoms with Gasteiger partial charge in [-0.3, -0.25) is 4.18 Å². The second-order valence-corrected chi connectivity index (χ2v) is 4.14. The van der Waals surface area contributed by atoms with Gasteiger partial charge >= 0.3 is 6.01 Å². The molecule has 0 aliphatic heterocycles. The summed E-state index contributed by atoms with van der Waals surface area (Å²) < 4.78 is 30.6. The van der Waals surface area contributed by atoms with Gasteiger partial charge in [-0.15, -0.1) is 0 Å². The van der Waals surface area contributed by atoms with Crippen LogP contribution in [0.25, 0.3) is 0 Å². The summed E-state index contributed by atoms with van der Waals surface area (Å²) >= 11 is 0. The van der Waals surface area contributed by atoms with Crippen molar-refractivity contribution in [2.75, 3.05) is 13.4 Å². The van der Waals surface area contributed by atoms with Crippen molar-refractivity contribution < 1.29 is 17.3 Å². The number of hydrogen-bond acceptors (Lipinski definition) is 6. The highest BCUT2D eigenvalue weighted by Gasteiger charge is 2.04. The van der Waals surface area contributed by atoms with Crippen molar-refractivity contribution in [3.63, 3.8) is 0 Å². The summed E-state index contributed by atoms with van der Waals surface area (Å²) in [5.41, 5.74) is 0.447. The molecular formula is C7H10N2O4S. The highest BCUT2D eigenvalue weighted by molar-refractivity contribution is 7.85. The molecule has 0 radical (unpaired) electrons. The van der Waals surface area contributed by atoms with Gasteiger partial charge in [0.15, 0.2) is 0 Å². The van der Waals surface area contributed by atoms with Crippen molar-refractivity contribution >= 4 is 10.1 Å². The standard InChI is InChI=1S/C7H10N2O4S/c1-12-7-8-4-3-6(9-7)5-13-14(2,10)11/h3-4H,5H2,1-2H3. The SMILES string of the molecule is COc1nccc(COS(C)(=O)=O)n1. The van der Waals surface area contributed by atoms with Crippen molar-refractivity contribution in [1.29, 1.82) is 0 Å². The van der Waals surface area contributed by atoms with E-state index < -0.39 is 10.1 Å². The van der Waals surface area contributed by atoms with Crippen LogP contribution in [0.4, 0.5) is 0 Å². The van der Waals surface area contributed by atoms with E-state index in [2.05, 4.69) is 14.2 Å². The molecule has 0 aliphatic rings. The molecule has 0 atom stereocenters. The van der Waals surface area contributed by atoms with Gasteiger partial charge in [0.2, 0.25) is 0 Å². The molecule has 78 valence electrons. The second kappa shape index (κ2) is 4.34. The van der Waals surface area contributed by atoms with Crippen molar-refractivity contribution in [3.8, 4) is 6.01 Å².